The standard InChI is InChI=1S/C35H26N2O4S2/c1-35(2,23-3-11-27(12-4-23)42-29-15-7-25(8-16-29)36-31(38)19-20-32(36)39)24-5-13-28(14-6-24)43-30-17-9-26(10-18-30)37-33(40)21-22-34(37)41/h3-22H,1-2H3. The van der Waals surface area contributed by atoms with Gasteiger partial charge in [-0.25, -0.2) is 9.80 Å². The molecule has 0 bridgehead atoms. The largest absolute Gasteiger partial charge is 0.269 e. The average molecular weight is 603 g/mol. The lowest BCUT2D eigenvalue weighted by atomic mass is 9.78. The van der Waals surface area contributed by atoms with Crippen LogP contribution in [0.15, 0.2) is 141 Å². The molecule has 0 fully saturated rings. The minimum atomic E-state index is -0.322. The number of rotatable bonds is 8. The van der Waals surface area contributed by atoms with Crippen LogP contribution in [0.5, 0.6) is 0 Å². The Bertz CT molecular complexity index is 1620. The first-order chi connectivity index (χ1) is 20.7. The van der Waals surface area contributed by atoms with E-state index in [4.69, 9.17) is 0 Å². The molecule has 0 aliphatic carbocycles. The van der Waals surface area contributed by atoms with Gasteiger partial charge in [0.2, 0.25) is 0 Å². The van der Waals surface area contributed by atoms with E-state index in [1.165, 1.54) is 35.4 Å². The fraction of sp³-hybridized carbons (Fsp3) is 0.0857. The number of imide groups is 2. The molecule has 0 saturated carbocycles. The Labute approximate surface area is 258 Å². The summed E-state index contributed by atoms with van der Waals surface area (Å²) in [7, 11) is 0. The summed E-state index contributed by atoms with van der Waals surface area (Å²) in [6.07, 6.45) is 5.13. The van der Waals surface area contributed by atoms with Gasteiger partial charge in [0.05, 0.1) is 11.4 Å². The average Bonchev–Trinajstić information content (AvgIpc) is 3.53. The van der Waals surface area contributed by atoms with Gasteiger partial charge in [0.25, 0.3) is 23.6 Å². The minimum Gasteiger partial charge on any atom is -0.269 e. The lowest BCUT2D eigenvalue weighted by Gasteiger charge is -2.26. The van der Waals surface area contributed by atoms with Gasteiger partial charge in [0.15, 0.2) is 0 Å². The molecule has 0 unspecified atom stereocenters. The van der Waals surface area contributed by atoms with Crippen molar-refractivity contribution in [3.05, 3.63) is 132 Å². The third kappa shape index (κ3) is 5.84. The predicted molar refractivity (Wildman–Crippen MR) is 169 cm³/mol. The highest BCUT2D eigenvalue weighted by atomic mass is 32.2. The first-order valence-electron chi connectivity index (χ1n) is 13.6. The molecule has 2 aliphatic heterocycles. The predicted octanol–water partition coefficient (Wildman–Crippen LogP) is 7.17. The van der Waals surface area contributed by atoms with Crippen LogP contribution in [0.2, 0.25) is 0 Å². The summed E-state index contributed by atoms with van der Waals surface area (Å²) in [6.45, 7) is 4.42. The minimum absolute atomic E-state index is 0.207. The van der Waals surface area contributed by atoms with Crippen molar-refractivity contribution in [1.29, 1.82) is 0 Å². The van der Waals surface area contributed by atoms with Gasteiger partial charge in [0.1, 0.15) is 0 Å². The summed E-state index contributed by atoms with van der Waals surface area (Å²) in [6, 6.07) is 31.9. The third-order valence-electron chi connectivity index (χ3n) is 7.43. The van der Waals surface area contributed by atoms with Crippen LogP contribution in [0.3, 0.4) is 0 Å². The molecule has 43 heavy (non-hydrogen) atoms. The van der Waals surface area contributed by atoms with Crippen molar-refractivity contribution in [2.45, 2.75) is 38.8 Å². The Morgan fingerprint density at radius 1 is 0.419 bits per heavy atom. The van der Waals surface area contributed by atoms with Gasteiger partial charge in [-0.2, -0.15) is 0 Å². The summed E-state index contributed by atoms with van der Waals surface area (Å²) in [5.74, 6) is -1.29. The van der Waals surface area contributed by atoms with Gasteiger partial charge in [0, 0.05) is 49.3 Å². The van der Waals surface area contributed by atoms with Crippen molar-refractivity contribution in [1.82, 2.24) is 0 Å². The molecule has 6 nitrogen and oxygen atoms in total. The Morgan fingerprint density at radius 3 is 0.953 bits per heavy atom. The molecule has 2 aliphatic rings. The SMILES string of the molecule is CC(C)(c1ccc(Sc2ccc(N3C(=O)C=CC3=O)cc2)cc1)c1ccc(Sc2ccc(N3C(=O)C=CC3=O)cc2)cc1. The molecule has 4 amide bonds. The Kier molecular flexibility index (Phi) is 7.64. The summed E-state index contributed by atoms with van der Waals surface area (Å²) < 4.78 is 0. The quantitative estimate of drug-likeness (QED) is 0.199. The van der Waals surface area contributed by atoms with Crippen LogP contribution in [0.4, 0.5) is 11.4 Å². The number of carbonyl (C=O) groups is 4. The third-order valence-corrected chi connectivity index (χ3v) is 9.46. The molecule has 4 aromatic carbocycles. The van der Waals surface area contributed by atoms with Crippen molar-refractivity contribution < 1.29 is 19.2 Å². The summed E-state index contributed by atoms with van der Waals surface area (Å²) >= 11 is 3.24. The van der Waals surface area contributed by atoms with Crippen molar-refractivity contribution in [3.8, 4) is 0 Å². The summed E-state index contributed by atoms with van der Waals surface area (Å²) in [4.78, 5) is 54.2. The molecule has 8 heteroatoms. The Balaban J connectivity index is 1.08. The van der Waals surface area contributed by atoms with Crippen LogP contribution in [-0.2, 0) is 24.6 Å². The first kappa shape index (κ1) is 28.5. The highest BCUT2D eigenvalue weighted by Gasteiger charge is 2.26. The van der Waals surface area contributed by atoms with Crippen molar-refractivity contribution in [2.75, 3.05) is 9.80 Å². The number of benzene rings is 4. The van der Waals surface area contributed by atoms with Gasteiger partial charge in [-0.1, -0.05) is 61.6 Å². The molecular weight excluding hydrogens is 577 g/mol. The molecule has 212 valence electrons. The monoisotopic (exact) mass is 602 g/mol. The maximum Gasteiger partial charge on any atom is 0.258 e. The van der Waals surface area contributed by atoms with E-state index >= 15 is 0 Å². The Morgan fingerprint density at radius 2 is 0.674 bits per heavy atom. The first-order valence-corrected chi connectivity index (χ1v) is 15.2. The van der Waals surface area contributed by atoms with Crippen LogP contribution in [0.1, 0.15) is 25.0 Å². The normalized spacial score (nSPS) is 14.8. The second-order valence-electron chi connectivity index (χ2n) is 10.6. The topological polar surface area (TPSA) is 74.8 Å². The maximum atomic E-state index is 11.9. The number of hydrogen-bond acceptors (Lipinski definition) is 6. The second kappa shape index (κ2) is 11.6. The molecular formula is C35H26N2O4S2. The van der Waals surface area contributed by atoms with E-state index in [2.05, 4.69) is 62.4 Å². The zero-order valence-corrected chi connectivity index (χ0v) is 25.0. The van der Waals surface area contributed by atoms with Crippen LogP contribution in [0.25, 0.3) is 0 Å². The van der Waals surface area contributed by atoms with Gasteiger partial charge < -0.3 is 0 Å². The van der Waals surface area contributed by atoms with Crippen LogP contribution in [-0.4, -0.2) is 23.6 Å². The van der Waals surface area contributed by atoms with Gasteiger partial charge in [-0.05, 0) is 83.9 Å². The van der Waals surface area contributed by atoms with E-state index in [0.717, 1.165) is 29.4 Å². The lowest BCUT2D eigenvalue weighted by molar-refractivity contribution is -0.121. The van der Waals surface area contributed by atoms with E-state index in [1.54, 1.807) is 47.8 Å². The van der Waals surface area contributed by atoms with Gasteiger partial charge >= 0.3 is 0 Å². The van der Waals surface area contributed by atoms with E-state index < -0.39 is 0 Å². The molecule has 0 N–H and O–H groups in total. The van der Waals surface area contributed by atoms with Crippen LogP contribution < -0.4 is 9.80 Å². The van der Waals surface area contributed by atoms with Crippen molar-refractivity contribution >= 4 is 58.5 Å². The highest BCUT2D eigenvalue weighted by molar-refractivity contribution is 7.99. The second-order valence-corrected chi connectivity index (χ2v) is 12.8. The maximum absolute atomic E-state index is 11.9. The fourth-order valence-electron chi connectivity index (χ4n) is 4.95. The molecule has 0 aromatic heterocycles. The molecule has 0 saturated heterocycles. The van der Waals surface area contributed by atoms with Crippen LogP contribution >= 0.6 is 23.5 Å². The van der Waals surface area contributed by atoms with Crippen molar-refractivity contribution in [3.63, 3.8) is 0 Å². The molecule has 0 spiro atoms. The lowest BCUT2D eigenvalue weighted by Crippen LogP contribution is -2.29. The van der Waals surface area contributed by atoms with E-state index in [0.29, 0.717) is 11.4 Å². The summed E-state index contributed by atoms with van der Waals surface area (Å²) in [5.41, 5.74) is 3.31. The number of carbonyl (C=O) groups excluding carboxylic acids is 4. The van der Waals surface area contributed by atoms with Gasteiger partial charge in [-0.3, -0.25) is 19.2 Å². The zero-order valence-electron chi connectivity index (χ0n) is 23.4. The molecule has 4 aromatic rings. The van der Waals surface area contributed by atoms with Gasteiger partial charge in [-0.15, -0.1) is 0 Å². The number of anilines is 2. The number of amides is 4. The summed E-state index contributed by atoms with van der Waals surface area (Å²) in [5, 5.41) is 0. The Hall–Kier alpha value is -4.66. The molecule has 6 rings (SSSR count). The van der Waals surface area contributed by atoms with E-state index in [1.807, 2.05) is 24.3 Å². The van der Waals surface area contributed by atoms with E-state index in [-0.39, 0.29) is 29.0 Å². The van der Waals surface area contributed by atoms with Crippen molar-refractivity contribution in [2.24, 2.45) is 0 Å². The molecule has 2 heterocycles. The fourth-order valence-corrected chi connectivity index (χ4v) is 6.59. The zero-order chi connectivity index (χ0) is 30.1. The van der Waals surface area contributed by atoms with Crippen LogP contribution in [0, 0.1) is 0 Å². The molecule has 0 atom stereocenters. The molecule has 0 radical (unpaired) electrons. The smallest absolute Gasteiger partial charge is 0.258 e. The number of hydrogen-bond donors (Lipinski definition) is 0. The number of nitrogens with zero attached hydrogens (tertiary/aromatic N) is 2. The highest BCUT2D eigenvalue weighted by Crippen LogP contribution is 2.37. The van der Waals surface area contributed by atoms with E-state index in [9.17, 15) is 19.2 Å².